The third-order valence-electron chi connectivity index (χ3n) is 6.38. The van der Waals surface area contributed by atoms with Gasteiger partial charge in [-0.15, -0.1) is 0 Å². The number of hydrogen-bond acceptors (Lipinski definition) is 8. The number of anilines is 1. The normalized spacial score (nSPS) is 11.1. The smallest absolute Gasteiger partial charge is 0.343 e. The van der Waals surface area contributed by atoms with Crippen molar-refractivity contribution in [3.8, 4) is 11.5 Å². The fraction of sp³-hybridized carbons (Fsp3) is 0. The molecule has 0 aromatic heterocycles. The molecule has 13 heteroatoms. The number of halogens is 2. The Hall–Kier alpha value is -5.49. The molecule has 0 unspecified atom stereocenters. The molecule has 0 saturated carbocycles. The minimum Gasteiger partial charge on any atom is -0.423 e. The lowest BCUT2D eigenvalue weighted by molar-refractivity contribution is 0.0731. The first-order valence-corrected chi connectivity index (χ1v) is 15.9. The summed E-state index contributed by atoms with van der Waals surface area (Å²) >= 11 is 11.8. The summed E-state index contributed by atoms with van der Waals surface area (Å²) in [5, 5.41) is 4.86. The van der Waals surface area contributed by atoms with E-state index in [9.17, 15) is 22.8 Å². The van der Waals surface area contributed by atoms with Gasteiger partial charge in [0, 0.05) is 32.9 Å². The summed E-state index contributed by atoms with van der Waals surface area (Å²) in [4.78, 5) is 38.4. The number of nitrogens with one attached hydrogen (secondary N) is 2. The highest BCUT2D eigenvalue weighted by atomic mass is 35.5. The molecule has 0 aliphatic heterocycles. The van der Waals surface area contributed by atoms with E-state index < -0.39 is 27.9 Å². The zero-order valence-corrected chi connectivity index (χ0v) is 26.4. The highest BCUT2D eigenvalue weighted by molar-refractivity contribution is 7.92. The van der Waals surface area contributed by atoms with Crippen LogP contribution in [0.3, 0.4) is 0 Å². The maximum Gasteiger partial charge on any atom is 0.343 e. The molecular weight excluding hydrogens is 665 g/mol. The highest BCUT2D eigenvalue weighted by Gasteiger charge is 2.16. The topological polar surface area (TPSA) is 140 Å². The predicted octanol–water partition coefficient (Wildman–Crippen LogP) is 7.00. The molecule has 5 aromatic rings. The molecule has 0 aliphatic carbocycles. The molecule has 47 heavy (non-hydrogen) atoms. The lowest BCUT2D eigenvalue weighted by Gasteiger charge is -2.11. The lowest BCUT2D eigenvalue weighted by Crippen LogP contribution is -2.18. The summed E-state index contributed by atoms with van der Waals surface area (Å²) in [6.45, 7) is 0. The lowest BCUT2D eigenvalue weighted by atomic mass is 10.2. The van der Waals surface area contributed by atoms with E-state index >= 15 is 0 Å². The first-order valence-electron chi connectivity index (χ1n) is 13.7. The van der Waals surface area contributed by atoms with Crippen LogP contribution in [0.1, 0.15) is 36.6 Å². The van der Waals surface area contributed by atoms with E-state index in [-0.39, 0.29) is 44.3 Å². The van der Waals surface area contributed by atoms with Crippen molar-refractivity contribution < 1.29 is 32.3 Å². The molecule has 0 aliphatic rings. The number of benzene rings is 5. The van der Waals surface area contributed by atoms with Gasteiger partial charge in [-0.05, 0) is 97.1 Å². The molecule has 0 bridgehead atoms. The van der Waals surface area contributed by atoms with E-state index in [2.05, 4.69) is 15.2 Å². The summed E-state index contributed by atoms with van der Waals surface area (Å²) in [6, 6.07) is 30.0. The number of esters is 2. The fourth-order valence-electron chi connectivity index (χ4n) is 4.00. The number of hydrogen-bond donors (Lipinski definition) is 2. The van der Waals surface area contributed by atoms with Crippen molar-refractivity contribution >= 4 is 63.0 Å². The van der Waals surface area contributed by atoms with E-state index in [1.807, 2.05) is 0 Å². The molecule has 5 rings (SSSR count). The van der Waals surface area contributed by atoms with Crippen molar-refractivity contribution in [1.29, 1.82) is 0 Å². The quantitative estimate of drug-likeness (QED) is 0.0697. The van der Waals surface area contributed by atoms with Crippen molar-refractivity contribution in [3.05, 3.63) is 154 Å². The second-order valence-electron chi connectivity index (χ2n) is 9.69. The van der Waals surface area contributed by atoms with Crippen LogP contribution in [0.2, 0.25) is 10.0 Å². The molecule has 1 amide bonds. The third kappa shape index (κ3) is 8.82. The summed E-state index contributed by atoms with van der Waals surface area (Å²) in [7, 11) is -3.80. The number of ether oxygens (including phenoxy) is 2. The summed E-state index contributed by atoms with van der Waals surface area (Å²) in [5.41, 5.74) is 3.57. The number of amides is 1. The molecule has 0 atom stereocenters. The first kappa shape index (κ1) is 32.9. The Morgan fingerprint density at radius 3 is 1.81 bits per heavy atom. The second kappa shape index (κ2) is 14.7. The van der Waals surface area contributed by atoms with Crippen molar-refractivity contribution in [2.24, 2.45) is 5.10 Å². The summed E-state index contributed by atoms with van der Waals surface area (Å²) in [6.07, 6.45) is 1.25. The Morgan fingerprint density at radius 1 is 0.660 bits per heavy atom. The number of carbonyl (C=O) groups is 3. The van der Waals surface area contributed by atoms with Gasteiger partial charge in [-0.25, -0.2) is 23.4 Å². The Kier molecular flexibility index (Phi) is 10.3. The van der Waals surface area contributed by atoms with Gasteiger partial charge >= 0.3 is 11.9 Å². The molecule has 2 N–H and O–H groups in total. The number of hydrazone groups is 1. The third-order valence-corrected chi connectivity index (χ3v) is 8.28. The number of rotatable bonds is 10. The molecule has 0 heterocycles. The van der Waals surface area contributed by atoms with Gasteiger partial charge in [-0.3, -0.25) is 9.52 Å². The van der Waals surface area contributed by atoms with E-state index in [0.29, 0.717) is 10.0 Å². The van der Waals surface area contributed by atoms with E-state index in [1.165, 1.54) is 97.2 Å². The fourth-order valence-corrected chi connectivity index (χ4v) is 5.33. The van der Waals surface area contributed by atoms with E-state index in [0.717, 1.165) is 0 Å². The van der Waals surface area contributed by atoms with Gasteiger partial charge in [0.1, 0.15) is 11.5 Å². The van der Waals surface area contributed by atoms with Crippen LogP contribution in [0.25, 0.3) is 0 Å². The molecule has 0 spiro atoms. The zero-order chi connectivity index (χ0) is 33.4. The van der Waals surface area contributed by atoms with Crippen molar-refractivity contribution in [3.63, 3.8) is 0 Å². The average Bonchev–Trinajstić information content (AvgIpc) is 3.07. The van der Waals surface area contributed by atoms with Gasteiger partial charge < -0.3 is 9.47 Å². The standard InChI is InChI=1S/C34H23Cl2N3O7S/c35-26-13-6-23(7-14-26)33(41)45-29-19-12-25(31(20-29)46-34(42)24-8-15-27(36)16-9-24)21-37-38-32(40)22-10-17-28(18-11-22)39-47(43,44)30-4-2-1-3-5-30/h1-21,39H,(H,38,40). The van der Waals surface area contributed by atoms with Gasteiger partial charge in [0.25, 0.3) is 15.9 Å². The van der Waals surface area contributed by atoms with Crippen LogP contribution in [0.5, 0.6) is 11.5 Å². The van der Waals surface area contributed by atoms with Crippen LogP contribution >= 0.6 is 23.2 Å². The Bertz CT molecular complexity index is 2050. The number of nitrogens with zero attached hydrogens (tertiary/aromatic N) is 1. The van der Waals surface area contributed by atoms with Crippen molar-refractivity contribution in [1.82, 2.24) is 5.43 Å². The maximum atomic E-state index is 12.9. The molecular formula is C34H23Cl2N3O7S. The van der Waals surface area contributed by atoms with Crippen LogP contribution in [0.15, 0.2) is 131 Å². The van der Waals surface area contributed by atoms with Gasteiger partial charge in [0.2, 0.25) is 0 Å². The molecule has 10 nitrogen and oxygen atoms in total. The van der Waals surface area contributed by atoms with Crippen LogP contribution in [0.4, 0.5) is 5.69 Å². The largest absolute Gasteiger partial charge is 0.423 e. The summed E-state index contributed by atoms with van der Waals surface area (Å²) in [5.74, 6) is -1.91. The minimum absolute atomic E-state index is 0.0144. The van der Waals surface area contributed by atoms with Gasteiger partial charge in [0.05, 0.1) is 22.2 Å². The van der Waals surface area contributed by atoms with Crippen molar-refractivity contribution in [2.75, 3.05) is 4.72 Å². The van der Waals surface area contributed by atoms with Crippen LogP contribution in [-0.2, 0) is 10.0 Å². The second-order valence-corrected chi connectivity index (χ2v) is 12.2. The monoisotopic (exact) mass is 687 g/mol. The molecule has 0 saturated heterocycles. The average molecular weight is 689 g/mol. The van der Waals surface area contributed by atoms with Gasteiger partial charge in [0.15, 0.2) is 0 Å². The molecule has 5 aromatic carbocycles. The SMILES string of the molecule is O=C(NN=Cc1ccc(OC(=O)c2ccc(Cl)cc2)cc1OC(=O)c1ccc(Cl)cc1)c1ccc(NS(=O)(=O)c2ccccc2)cc1. The molecule has 0 radical (unpaired) electrons. The Labute approximate surface area is 279 Å². The molecule has 236 valence electrons. The van der Waals surface area contributed by atoms with Crippen LogP contribution in [-0.4, -0.2) is 32.5 Å². The summed E-state index contributed by atoms with van der Waals surface area (Å²) < 4.78 is 38.6. The first-order chi connectivity index (χ1) is 22.6. The van der Waals surface area contributed by atoms with Gasteiger partial charge in [-0.2, -0.15) is 5.10 Å². The number of sulfonamides is 1. The van der Waals surface area contributed by atoms with Gasteiger partial charge in [-0.1, -0.05) is 41.4 Å². The van der Waals surface area contributed by atoms with E-state index in [1.54, 1.807) is 30.3 Å². The van der Waals surface area contributed by atoms with Crippen LogP contribution < -0.4 is 19.6 Å². The van der Waals surface area contributed by atoms with E-state index in [4.69, 9.17) is 32.7 Å². The Morgan fingerprint density at radius 2 is 1.21 bits per heavy atom. The molecule has 0 fully saturated rings. The Balaban J connectivity index is 1.30. The maximum absolute atomic E-state index is 12.9. The van der Waals surface area contributed by atoms with Crippen molar-refractivity contribution in [2.45, 2.75) is 4.90 Å². The van der Waals surface area contributed by atoms with Crippen LogP contribution in [0, 0.1) is 0 Å². The highest BCUT2D eigenvalue weighted by Crippen LogP contribution is 2.26. The predicted molar refractivity (Wildman–Crippen MR) is 178 cm³/mol. The number of carbonyl (C=O) groups excluding carboxylic acids is 3. The zero-order valence-electron chi connectivity index (χ0n) is 24.1. The minimum atomic E-state index is -3.80.